The fourth-order valence-electron chi connectivity index (χ4n) is 2.21. The minimum absolute atomic E-state index is 0.0969. The summed E-state index contributed by atoms with van der Waals surface area (Å²) in [5.41, 5.74) is 1.07. The fraction of sp³-hybridized carbons (Fsp3) is 0.353. The van der Waals surface area contributed by atoms with Crippen LogP contribution in [-0.4, -0.2) is 23.2 Å². The van der Waals surface area contributed by atoms with Gasteiger partial charge in [0.1, 0.15) is 5.76 Å². The molecule has 1 heterocycles. The number of aryl methyl sites for hydroxylation is 1. The van der Waals surface area contributed by atoms with Gasteiger partial charge < -0.3 is 14.8 Å². The lowest BCUT2D eigenvalue weighted by molar-refractivity contribution is -0.121. The van der Waals surface area contributed by atoms with Gasteiger partial charge in [-0.3, -0.25) is 4.79 Å². The van der Waals surface area contributed by atoms with Gasteiger partial charge in [0.15, 0.2) is 0 Å². The first-order valence-corrected chi connectivity index (χ1v) is 7.02. The zero-order valence-electron chi connectivity index (χ0n) is 12.4. The Morgan fingerprint density at radius 3 is 2.81 bits per heavy atom. The summed E-state index contributed by atoms with van der Waals surface area (Å²) in [6.07, 6.45) is 2.25. The van der Waals surface area contributed by atoms with Gasteiger partial charge in [0.05, 0.1) is 18.3 Å². The number of aliphatic hydroxyl groups is 1. The van der Waals surface area contributed by atoms with E-state index in [1.807, 2.05) is 37.3 Å². The molecule has 1 amide bonds. The molecule has 0 aliphatic rings. The Morgan fingerprint density at radius 1 is 1.33 bits per heavy atom. The predicted octanol–water partition coefficient (Wildman–Crippen LogP) is 2.24. The van der Waals surface area contributed by atoms with Crippen LogP contribution in [0, 0.1) is 6.92 Å². The summed E-state index contributed by atoms with van der Waals surface area (Å²) in [5.74, 6) is 0.605. The lowest BCUT2D eigenvalue weighted by Crippen LogP contribution is -2.42. The van der Waals surface area contributed by atoms with Gasteiger partial charge in [0, 0.05) is 13.0 Å². The van der Waals surface area contributed by atoms with E-state index in [0.717, 1.165) is 11.1 Å². The van der Waals surface area contributed by atoms with Crippen LogP contribution < -0.4 is 5.32 Å². The highest BCUT2D eigenvalue weighted by Crippen LogP contribution is 2.13. The normalized spacial score (nSPS) is 13.7. The first-order chi connectivity index (χ1) is 9.94. The van der Waals surface area contributed by atoms with Crippen molar-refractivity contribution in [3.63, 3.8) is 0 Å². The Labute approximate surface area is 124 Å². The molecule has 0 aliphatic heterocycles. The molecule has 0 bridgehead atoms. The van der Waals surface area contributed by atoms with Crippen LogP contribution in [0.4, 0.5) is 0 Å². The van der Waals surface area contributed by atoms with Gasteiger partial charge in [-0.2, -0.15) is 0 Å². The summed E-state index contributed by atoms with van der Waals surface area (Å²) >= 11 is 0. The lowest BCUT2D eigenvalue weighted by Gasteiger charge is -2.22. The minimum Gasteiger partial charge on any atom is -0.469 e. The molecule has 0 saturated carbocycles. The molecule has 112 valence electrons. The van der Waals surface area contributed by atoms with Gasteiger partial charge in [-0.05, 0) is 31.5 Å². The van der Waals surface area contributed by atoms with Gasteiger partial charge in [0.25, 0.3) is 0 Å². The van der Waals surface area contributed by atoms with Crippen molar-refractivity contribution in [1.82, 2.24) is 5.32 Å². The van der Waals surface area contributed by atoms with Crippen molar-refractivity contribution >= 4 is 5.91 Å². The molecule has 4 heteroatoms. The molecule has 0 aliphatic carbocycles. The molecule has 1 aromatic heterocycles. The van der Waals surface area contributed by atoms with E-state index in [1.54, 1.807) is 19.3 Å². The minimum atomic E-state index is -1.03. The summed E-state index contributed by atoms with van der Waals surface area (Å²) in [6, 6.07) is 11.4. The Balaban J connectivity index is 1.83. The van der Waals surface area contributed by atoms with E-state index >= 15 is 0 Å². The lowest BCUT2D eigenvalue weighted by atomic mass is 10.0. The summed E-state index contributed by atoms with van der Waals surface area (Å²) in [7, 11) is 0. The topological polar surface area (TPSA) is 62.5 Å². The van der Waals surface area contributed by atoms with Gasteiger partial charge >= 0.3 is 0 Å². The van der Waals surface area contributed by atoms with Crippen LogP contribution in [0.2, 0.25) is 0 Å². The number of furan rings is 1. The average molecular weight is 287 g/mol. The monoisotopic (exact) mass is 287 g/mol. The molecule has 0 radical (unpaired) electrons. The van der Waals surface area contributed by atoms with Crippen molar-refractivity contribution in [3.05, 3.63) is 59.5 Å². The highest BCUT2D eigenvalue weighted by atomic mass is 16.3. The van der Waals surface area contributed by atoms with Crippen LogP contribution in [0.15, 0.2) is 47.1 Å². The Kier molecular flexibility index (Phi) is 4.81. The highest BCUT2D eigenvalue weighted by molar-refractivity contribution is 5.78. The fourth-order valence-corrected chi connectivity index (χ4v) is 2.21. The molecule has 4 nitrogen and oxygen atoms in total. The summed E-state index contributed by atoms with van der Waals surface area (Å²) in [6.45, 7) is 3.87. The number of carbonyl (C=O) groups excluding carboxylic acids is 1. The maximum absolute atomic E-state index is 11.9. The van der Waals surface area contributed by atoms with Crippen molar-refractivity contribution in [2.75, 3.05) is 6.54 Å². The molecule has 2 N–H and O–H groups in total. The first-order valence-electron chi connectivity index (χ1n) is 7.02. The quantitative estimate of drug-likeness (QED) is 0.856. The number of carbonyl (C=O) groups is 1. The largest absolute Gasteiger partial charge is 0.469 e. The molecule has 2 aromatic rings. The first kappa shape index (κ1) is 15.3. The van der Waals surface area contributed by atoms with Gasteiger partial charge in [0.2, 0.25) is 5.91 Å². The number of hydrogen-bond acceptors (Lipinski definition) is 3. The third-order valence-electron chi connectivity index (χ3n) is 3.25. The summed E-state index contributed by atoms with van der Waals surface area (Å²) in [5, 5.41) is 13.0. The molecule has 0 fully saturated rings. The smallest absolute Gasteiger partial charge is 0.224 e. The second-order valence-electron chi connectivity index (χ2n) is 5.70. The maximum atomic E-state index is 11.9. The van der Waals surface area contributed by atoms with Gasteiger partial charge in [-0.1, -0.05) is 29.8 Å². The molecule has 1 aromatic carbocycles. The van der Waals surface area contributed by atoms with Crippen LogP contribution in [-0.2, 0) is 17.6 Å². The van der Waals surface area contributed by atoms with Crippen LogP contribution in [0.25, 0.3) is 0 Å². The number of rotatable bonds is 6. The summed E-state index contributed by atoms with van der Waals surface area (Å²) in [4.78, 5) is 11.9. The van der Waals surface area contributed by atoms with Crippen molar-refractivity contribution in [2.24, 2.45) is 0 Å². The second-order valence-corrected chi connectivity index (χ2v) is 5.70. The van der Waals surface area contributed by atoms with Crippen molar-refractivity contribution in [3.8, 4) is 0 Å². The summed E-state index contributed by atoms with van der Waals surface area (Å²) < 4.78 is 5.21. The molecule has 1 atom stereocenters. The highest BCUT2D eigenvalue weighted by Gasteiger charge is 2.23. The van der Waals surface area contributed by atoms with Crippen molar-refractivity contribution in [1.29, 1.82) is 0 Å². The molecule has 1 unspecified atom stereocenters. The van der Waals surface area contributed by atoms with Crippen LogP contribution in [0.5, 0.6) is 0 Å². The SMILES string of the molecule is Cc1cccc(CC(=O)NCC(C)(O)Cc2ccco2)c1. The molecule has 0 spiro atoms. The zero-order chi connectivity index (χ0) is 15.3. The van der Waals surface area contributed by atoms with Crippen molar-refractivity contribution < 1.29 is 14.3 Å². The van der Waals surface area contributed by atoms with E-state index in [4.69, 9.17) is 4.42 Å². The molecule has 2 rings (SSSR count). The van der Waals surface area contributed by atoms with Crippen LogP contribution in [0.1, 0.15) is 23.8 Å². The van der Waals surface area contributed by atoms with E-state index in [0.29, 0.717) is 18.6 Å². The predicted molar refractivity (Wildman–Crippen MR) is 80.9 cm³/mol. The van der Waals surface area contributed by atoms with E-state index in [2.05, 4.69) is 5.32 Å². The number of nitrogens with one attached hydrogen (secondary N) is 1. The van der Waals surface area contributed by atoms with Crippen molar-refractivity contribution in [2.45, 2.75) is 32.3 Å². The second kappa shape index (κ2) is 6.59. The number of hydrogen-bond donors (Lipinski definition) is 2. The zero-order valence-corrected chi connectivity index (χ0v) is 12.4. The number of amides is 1. The average Bonchev–Trinajstić information content (AvgIpc) is 2.89. The van der Waals surface area contributed by atoms with Gasteiger partial charge in [-0.25, -0.2) is 0 Å². The molecular weight excluding hydrogens is 266 g/mol. The Bertz CT molecular complexity index is 588. The third-order valence-corrected chi connectivity index (χ3v) is 3.25. The van der Waals surface area contributed by atoms with Crippen LogP contribution in [0.3, 0.4) is 0 Å². The standard InChI is InChI=1S/C17H21NO3/c1-13-5-3-6-14(9-13)10-16(19)18-12-17(2,20)11-15-7-4-8-21-15/h3-9,20H,10-12H2,1-2H3,(H,18,19). The molecular formula is C17H21NO3. The van der Waals surface area contributed by atoms with E-state index < -0.39 is 5.60 Å². The third kappa shape index (κ3) is 5.08. The van der Waals surface area contributed by atoms with Gasteiger partial charge in [-0.15, -0.1) is 0 Å². The Hall–Kier alpha value is -2.07. The maximum Gasteiger partial charge on any atom is 0.224 e. The van der Waals surface area contributed by atoms with E-state index in [9.17, 15) is 9.90 Å². The van der Waals surface area contributed by atoms with Crippen LogP contribution >= 0.6 is 0 Å². The molecule has 21 heavy (non-hydrogen) atoms. The molecule has 0 saturated heterocycles. The number of benzene rings is 1. The van der Waals surface area contributed by atoms with E-state index in [-0.39, 0.29) is 12.5 Å². The van der Waals surface area contributed by atoms with E-state index in [1.165, 1.54) is 0 Å². The Morgan fingerprint density at radius 2 is 2.14 bits per heavy atom.